The van der Waals surface area contributed by atoms with Crippen molar-refractivity contribution in [2.24, 2.45) is 0 Å². The van der Waals surface area contributed by atoms with Gasteiger partial charge in [0.2, 0.25) is 0 Å². The molecule has 0 aliphatic carbocycles. The van der Waals surface area contributed by atoms with Gasteiger partial charge in [-0.05, 0) is 0 Å². The monoisotopic (exact) mass is 143 g/mol. The Morgan fingerprint density at radius 1 is 1.71 bits per heavy atom. The first-order valence-electron chi connectivity index (χ1n) is 1.13. The van der Waals surface area contributed by atoms with Crippen LogP contribution in [0.3, 0.4) is 0 Å². The quantitative estimate of drug-likeness (QED) is 0.465. The van der Waals surface area contributed by atoms with Crippen LogP contribution in [0.4, 0.5) is 4.79 Å². The molecule has 0 unspecified atom stereocenters. The summed E-state index contributed by atoms with van der Waals surface area (Å²) in [5.74, 6) is 0. The molecule has 0 heterocycles. The van der Waals surface area contributed by atoms with E-state index in [-0.39, 0.29) is 6.47 Å². The molecule has 0 aliphatic heterocycles. The van der Waals surface area contributed by atoms with Crippen molar-refractivity contribution >= 4 is 11.3 Å². The Morgan fingerprint density at radius 2 is 1.71 bits per heavy atom. The van der Waals surface area contributed by atoms with Crippen LogP contribution in [0.1, 0.15) is 0 Å². The van der Waals surface area contributed by atoms with Gasteiger partial charge in [-0.2, -0.15) is 0 Å². The van der Waals surface area contributed by atoms with Gasteiger partial charge >= 0.3 is 31.0 Å². The molecular formula is C2H3CrO4. The SMILES string of the molecule is O=CO.O=[C](O)[Cr]. The van der Waals surface area contributed by atoms with Gasteiger partial charge in [0.05, 0.1) is 0 Å². The molecule has 0 aromatic heterocycles. The Bertz CT molecular complexity index is 56.7. The summed E-state index contributed by atoms with van der Waals surface area (Å²) in [5.41, 5.74) is 0. The molecule has 0 fully saturated rings. The van der Waals surface area contributed by atoms with Crippen LogP contribution < -0.4 is 0 Å². The van der Waals surface area contributed by atoms with Crippen molar-refractivity contribution in [1.82, 2.24) is 0 Å². The van der Waals surface area contributed by atoms with Crippen LogP contribution in [0.5, 0.6) is 0 Å². The summed E-state index contributed by atoms with van der Waals surface area (Å²) in [7, 11) is 0. The van der Waals surface area contributed by atoms with Gasteiger partial charge in [-0.15, -0.1) is 0 Å². The number of hydrogen-bond donors (Lipinski definition) is 2. The predicted octanol–water partition coefficient (Wildman–Crippen LogP) is -0.0880. The average Bonchev–Trinajstić information content (AvgIpc) is 1.33. The summed E-state index contributed by atoms with van der Waals surface area (Å²) in [4.78, 5) is 16.3. The second kappa shape index (κ2) is 9.08. The molecule has 4 nitrogen and oxygen atoms in total. The molecular weight excluding hydrogens is 140 g/mol. The van der Waals surface area contributed by atoms with Crippen LogP contribution in [-0.4, -0.2) is 21.5 Å². The van der Waals surface area contributed by atoms with Gasteiger partial charge in [0.25, 0.3) is 6.47 Å². The van der Waals surface area contributed by atoms with Gasteiger partial charge in [0.15, 0.2) is 0 Å². The van der Waals surface area contributed by atoms with Crippen molar-refractivity contribution < 1.29 is 36.1 Å². The first-order chi connectivity index (χ1) is 3.15. The molecule has 0 rings (SSSR count). The Kier molecular flexibility index (Phi) is 12.6. The van der Waals surface area contributed by atoms with E-state index in [0.29, 0.717) is 0 Å². The molecule has 0 spiro atoms. The van der Waals surface area contributed by atoms with Crippen LogP contribution in [0.25, 0.3) is 0 Å². The fraction of sp³-hybridized carbons (Fsp3) is 0. The zero-order chi connectivity index (χ0) is 6.28. The molecule has 0 radical (unpaired) electrons. The zero-order valence-corrected chi connectivity index (χ0v) is 4.47. The fourth-order valence-corrected chi connectivity index (χ4v) is 0. The first kappa shape index (κ1) is 9.69. The molecule has 41 valence electrons. The number of rotatable bonds is 0. The van der Waals surface area contributed by atoms with Gasteiger partial charge < -0.3 is 5.11 Å². The van der Waals surface area contributed by atoms with Gasteiger partial charge in [0, 0.05) is 0 Å². The van der Waals surface area contributed by atoms with E-state index >= 15 is 0 Å². The molecule has 0 aromatic carbocycles. The summed E-state index contributed by atoms with van der Waals surface area (Å²) >= 11 is 1.82. The molecule has 0 atom stereocenters. The van der Waals surface area contributed by atoms with Crippen LogP contribution in [0.2, 0.25) is 0 Å². The number of carbonyl (C=O) groups is 2. The number of carboxylic acid groups (broad SMARTS) is 2. The molecule has 5 heteroatoms. The van der Waals surface area contributed by atoms with E-state index < -0.39 is 4.83 Å². The minimum atomic E-state index is -0.958. The third-order valence-electron chi connectivity index (χ3n) is 0. The summed E-state index contributed by atoms with van der Waals surface area (Å²) in [6.45, 7) is -0.250. The van der Waals surface area contributed by atoms with Crippen LogP contribution in [0, 0.1) is 0 Å². The standard InChI is InChI=1S/CH2O2.CHO2.Cr/c2*2-1-3;/h1H,(H,2,3);(H,2,3);. The van der Waals surface area contributed by atoms with Crippen molar-refractivity contribution in [2.45, 2.75) is 0 Å². The molecule has 0 bridgehead atoms. The van der Waals surface area contributed by atoms with Crippen molar-refractivity contribution in [2.75, 3.05) is 0 Å². The van der Waals surface area contributed by atoms with E-state index in [2.05, 4.69) is 0 Å². The van der Waals surface area contributed by atoms with E-state index in [0.717, 1.165) is 0 Å². The van der Waals surface area contributed by atoms with E-state index in [9.17, 15) is 0 Å². The topological polar surface area (TPSA) is 74.6 Å². The van der Waals surface area contributed by atoms with E-state index in [1.54, 1.807) is 0 Å². The predicted molar refractivity (Wildman–Crippen MR) is 16.7 cm³/mol. The van der Waals surface area contributed by atoms with Gasteiger partial charge in [-0.3, -0.25) is 4.79 Å². The third-order valence-corrected chi connectivity index (χ3v) is 0. The second-order valence-electron chi connectivity index (χ2n) is 0.371. The zero-order valence-electron chi connectivity index (χ0n) is 3.20. The minimum absolute atomic E-state index is 0.250. The van der Waals surface area contributed by atoms with E-state index in [1.807, 2.05) is 16.3 Å². The molecule has 0 aliphatic rings. The van der Waals surface area contributed by atoms with Gasteiger partial charge in [0.1, 0.15) is 0 Å². The molecule has 0 saturated heterocycles. The summed E-state index contributed by atoms with van der Waals surface area (Å²) < 4.78 is 0. The fourth-order valence-electron chi connectivity index (χ4n) is 0. The van der Waals surface area contributed by atoms with Gasteiger partial charge in [-0.1, -0.05) is 0 Å². The maximum atomic E-state index is 8.94. The van der Waals surface area contributed by atoms with E-state index in [1.165, 1.54) is 0 Å². The average molecular weight is 143 g/mol. The Hall–Kier alpha value is -0.528. The molecule has 7 heavy (non-hydrogen) atoms. The Labute approximate surface area is 48.2 Å². The van der Waals surface area contributed by atoms with E-state index in [4.69, 9.17) is 19.8 Å². The first-order valence-corrected chi connectivity index (χ1v) is 1.76. The van der Waals surface area contributed by atoms with Crippen molar-refractivity contribution in [1.29, 1.82) is 0 Å². The molecule has 0 aromatic rings. The Balaban J connectivity index is 0. The van der Waals surface area contributed by atoms with Crippen molar-refractivity contribution in [3.05, 3.63) is 0 Å². The molecule has 0 amide bonds. The maximum absolute atomic E-state index is 8.94. The van der Waals surface area contributed by atoms with Gasteiger partial charge in [-0.25, -0.2) is 0 Å². The van der Waals surface area contributed by atoms with Crippen molar-refractivity contribution in [3.8, 4) is 0 Å². The Morgan fingerprint density at radius 3 is 1.71 bits per heavy atom. The summed E-state index contributed by atoms with van der Waals surface area (Å²) in [6, 6.07) is 0. The summed E-state index contributed by atoms with van der Waals surface area (Å²) in [6.07, 6.45) is 0. The van der Waals surface area contributed by atoms with Crippen molar-refractivity contribution in [3.63, 3.8) is 0 Å². The summed E-state index contributed by atoms with van der Waals surface area (Å²) in [5, 5.41) is 14.2. The van der Waals surface area contributed by atoms with Crippen LogP contribution in [0.15, 0.2) is 0 Å². The third kappa shape index (κ3) is 237. The normalized spacial score (nSPS) is 5.14. The van der Waals surface area contributed by atoms with Crippen LogP contribution >= 0.6 is 0 Å². The molecule has 0 saturated carbocycles. The molecule has 2 N–H and O–H groups in total. The van der Waals surface area contributed by atoms with Crippen LogP contribution in [-0.2, 0) is 21.1 Å². The second-order valence-corrected chi connectivity index (χ2v) is 0.917. The number of hydrogen-bond acceptors (Lipinski definition) is 2.